The van der Waals surface area contributed by atoms with Crippen LogP contribution in [0.2, 0.25) is 0 Å². The summed E-state index contributed by atoms with van der Waals surface area (Å²) in [7, 11) is 0. The fourth-order valence-electron chi connectivity index (χ4n) is 2.33. The quantitative estimate of drug-likeness (QED) is 0.583. The number of benzene rings is 1. The van der Waals surface area contributed by atoms with E-state index in [4.69, 9.17) is 0 Å². The Kier molecular flexibility index (Phi) is 3.38. The lowest BCUT2D eigenvalue weighted by molar-refractivity contribution is -0.125. The van der Waals surface area contributed by atoms with E-state index in [2.05, 4.69) is 6.58 Å². The van der Waals surface area contributed by atoms with E-state index >= 15 is 0 Å². The third kappa shape index (κ3) is 2.28. The predicted octanol–water partition coefficient (Wildman–Crippen LogP) is 1.61. The third-order valence-corrected chi connectivity index (χ3v) is 3.25. The van der Waals surface area contributed by atoms with Gasteiger partial charge in [-0.15, -0.1) is 0 Å². The molecule has 0 spiro atoms. The monoisotopic (exact) mass is 229 g/mol. The van der Waals surface area contributed by atoms with E-state index in [9.17, 15) is 9.59 Å². The number of amides is 1. The third-order valence-electron chi connectivity index (χ3n) is 3.25. The Morgan fingerprint density at radius 2 is 2.00 bits per heavy atom. The maximum atomic E-state index is 11.5. The van der Waals surface area contributed by atoms with Crippen molar-refractivity contribution in [2.75, 3.05) is 13.1 Å². The molecule has 2 rings (SSSR count). The van der Waals surface area contributed by atoms with E-state index in [1.807, 2.05) is 30.3 Å². The molecule has 0 N–H and O–H groups in total. The highest BCUT2D eigenvalue weighted by molar-refractivity contribution is 5.87. The predicted molar refractivity (Wildman–Crippen MR) is 65.5 cm³/mol. The van der Waals surface area contributed by atoms with Gasteiger partial charge in [0.2, 0.25) is 5.91 Å². The van der Waals surface area contributed by atoms with Crippen LogP contribution in [0.25, 0.3) is 0 Å². The fourth-order valence-corrected chi connectivity index (χ4v) is 2.33. The molecule has 1 saturated heterocycles. The molecule has 88 valence electrons. The smallest absolute Gasteiger partial charge is 0.245 e. The molecule has 0 aromatic heterocycles. The summed E-state index contributed by atoms with van der Waals surface area (Å²) >= 11 is 0. The maximum Gasteiger partial charge on any atom is 0.245 e. The first kappa shape index (κ1) is 11.6. The van der Waals surface area contributed by atoms with Crippen molar-refractivity contribution in [3.63, 3.8) is 0 Å². The van der Waals surface area contributed by atoms with Crippen LogP contribution in [-0.2, 0) is 9.59 Å². The molecule has 1 heterocycles. The number of rotatable bonds is 3. The van der Waals surface area contributed by atoms with Gasteiger partial charge >= 0.3 is 0 Å². The van der Waals surface area contributed by atoms with Gasteiger partial charge in [0.05, 0.1) is 0 Å². The summed E-state index contributed by atoms with van der Waals surface area (Å²) in [5.41, 5.74) is 1.11. The van der Waals surface area contributed by atoms with Gasteiger partial charge in [-0.2, -0.15) is 0 Å². The number of nitrogens with zero attached hydrogens (tertiary/aromatic N) is 1. The highest BCUT2D eigenvalue weighted by Gasteiger charge is 2.34. The SMILES string of the molecule is C=CC(=O)N1C[C@@H](C=O)[C@H](c2ccccc2)C1. The molecule has 1 aliphatic heterocycles. The van der Waals surface area contributed by atoms with Crippen molar-refractivity contribution in [2.24, 2.45) is 5.92 Å². The second-order valence-corrected chi connectivity index (χ2v) is 4.26. The molecule has 0 bridgehead atoms. The molecule has 0 radical (unpaired) electrons. The van der Waals surface area contributed by atoms with Crippen LogP contribution in [0.1, 0.15) is 11.5 Å². The second kappa shape index (κ2) is 4.95. The summed E-state index contributed by atoms with van der Waals surface area (Å²) in [6.45, 7) is 4.56. The Morgan fingerprint density at radius 1 is 1.29 bits per heavy atom. The van der Waals surface area contributed by atoms with Gasteiger partial charge in [-0.3, -0.25) is 4.79 Å². The highest BCUT2D eigenvalue weighted by Crippen LogP contribution is 2.31. The average Bonchev–Trinajstić information content (AvgIpc) is 2.83. The van der Waals surface area contributed by atoms with E-state index in [0.29, 0.717) is 13.1 Å². The van der Waals surface area contributed by atoms with Crippen LogP contribution in [0, 0.1) is 5.92 Å². The fraction of sp³-hybridized carbons (Fsp3) is 0.286. The molecular weight excluding hydrogens is 214 g/mol. The van der Waals surface area contributed by atoms with Crippen molar-refractivity contribution in [3.05, 3.63) is 48.6 Å². The van der Waals surface area contributed by atoms with E-state index < -0.39 is 0 Å². The standard InChI is InChI=1S/C14H15NO2/c1-2-14(17)15-8-12(10-16)13(9-15)11-6-4-3-5-7-11/h2-7,10,12-13H,1,8-9H2/t12-,13-/m0/s1. The Morgan fingerprint density at radius 3 is 2.59 bits per heavy atom. The van der Waals surface area contributed by atoms with Gasteiger partial charge in [0.25, 0.3) is 0 Å². The van der Waals surface area contributed by atoms with Crippen molar-refractivity contribution in [2.45, 2.75) is 5.92 Å². The minimum atomic E-state index is -0.110. The summed E-state index contributed by atoms with van der Waals surface area (Å²) in [5, 5.41) is 0. The molecule has 1 fully saturated rings. The van der Waals surface area contributed by atoms with Crippen molar-refractivity contribution < 1.29 is 9.59 Å². The van der Waals surface area contributed by atoms with Gasteiger partial charge in [-0.25, -0.2) is 0 Å². The summed E-state index contributed by atoms with van der Waals surface area (Å²) in [5.74, 6) is -0.103. The molecule has 3 nitrogen and oxygen atoms in total. The van der Waals surface area contributed by atoms with Gasteiger partial charge in [0.15, 0.2) is 0 Å². The van der Waals surface area contributed by atoms with Gasteiger partial charge in [0.1, 0.15) is 6.29 Å². The molecule has 0 aliphatic carbocycles. The van der Waals surface area contributed by atoms with E-state index in [0.717, 1.165) is 11.8 Å². The van der Waals surface area contributed by atoms with Crippen LogP contribution in [0.3, 0.4) is 0 Å². The zero-order chi connectivity index (χ0) is 12.3. The Labute approximate surface area is 101 Å². The Hall–Kier alpha value is -1.90. The Bertz CT molecular complexity index is 427. The van der Waals surface area contributed by atoms with Crippen LogP contribution in [0.5, 0.6) is 0 Å². The molecule has 1 aromatic carbocycles. The number of likely N-dealkylation sites (tertiary alicyclic amines) is 1. The van der Waals surface area contributed by atoms with E-state index in [1.165, 1.54) is 6.08 Å². The summed E-state index contributed by atoms with van der Waals surface area (Å²) in [6, 6.07) is 9.86. The zero-order valence-corrected chi connectivity index (χ0v) is 9.58. The molecule has 2 atom stereocenters. The van der Waals surface area contributed by atoms with E-state index in [-0.39, 0.29) is 17.7 Å². The van der Waals surface area contributed by atoms with Crippen LogP contribution in [-0.4, -0.2) is 30.2 Å². The molecule has 1 amide bonds. The van der Waals surface area contributed by atoms with Gasteiger partial charge in [0, 0.05) is 24.9 Å². The minimum absolute atomic E-state index is 0.102. The van der Waals surface area contributed by atoms with Gasteiger partial charge in [-0.05, 0) is 11.6 Å². The number of carbonyl (C=O) groups excluding carboxylic acids is 2. The first-order valence-electron chi connectivity index (χ1n) is 5.68. The van der Waals surface area contributed by atoms with Crippen molar-refractivity contribution in [3.8, 4) is 0 Å². The first-order valence-corrected chi connectivity index (χ1v) is 5.68. The maximum absolute atomic E-state index is 11.5. The second-order valence-electron chi connectivity index (χ2n) is 4.26. The van der Waals surface area contributed by atoms with Crippen molar-refractivity contribution in [1.82, 2.24) is 4.90 Å². The lowest BCUT2D eigenvalue weighted by atomic mass is 9.90. The largest absolute Gasteiger partial charge is 0.338 e. The first-order chi connectivity index (χ1) is 8.26. The number of carbonyl (C=O) groups is 2. The molecule has 0 unspecified atom stereocenters. The van der Waals surface area contributed by atoms with Gasteiger partial charge in [-0.1, -0.05) is 36.9 Å². The Balaban J connectivity index is 2.20. The van der Waals surface area contributed by atoms with Gasteiger partial charge < -0.3 is 9.69 Å². The van der Waals surface area contributed by atoms with Crippen molar-refractivity contribution >= 4 is 12.2 Å². The van der Waals surface area contributed by atoms with Crippen LogP contribution in [0.15, 0.2) is 43.0 Å². The van der Waals surface area contributed by atoms with Crippen molar-refractivity contribution in [1.29, 1.82) is 0 Å². The topological polar surface area (TPSA) is 37.4 Å². The zero-order valence-electron chi connectivity index (χ0n) is 9.58. The molecule has 0 saturated carbocycles. The lowest BCUT2D eigenvalue weighted by Gasteiger charge is -2.14. The lowest BCUT2D eigenvalue weighted by Crippen LogP contribution is -2.26. The number of aldehydes is 1. The molecule has 17 heavy (non-hydrogen) atoms. The van der Waals surface area contributed by atoms with Crippen LogP contribution < -0.4 is 0 Å². The minimum Gasteiger partial charge on any atom is -0.338 e. The number of hydrogen-bond acceptors (Lipinski definition) is 2. The van der Waals surface area contributed by atoms with E-state index in [1.54, 1.807) is 4.90 Å². The van der Waals surface area contributed by atoms with Crippen LogP contribution >= 0.6 is 0 Å². The normalized spacial score (nSPS) is 23.4. The van der Waals surface area contributed by atoms with Crippen LogP contribution in [0.4, 0.5) is 0 Å². The summed E-state index contributed by atoms with van der Waals surface area (Å²) in [4.78, 5) is 24.3. The number of hydrogen-bond donors (Lipinski definition) is 0. The highest BCUT2D eigenvalue weighted by atomic mass is 16.2. The average molecular weight is 229 g/mol. The molecule has 1 aliphatic rings. The summed E-state index contributed by atoms with van der Waals surface area (Å²) in [6.07, 6.45) is 2.25. The summed E-state index contributed by atoms with van der Waals surface area (Å²) < 4.78 is 0. The molecule has 1 aromatic rings. The molecular formula is C14H15NO2. The molecule has 3 heteroatoms.